The van der Waals surface area contributed by atoms with E-state index in [1.165, 1.54) is 234 Å². The third-order valence-corrected chi connectivity index (χ3v) is 24.2. The Bertz CT molecular complexity index is 4150. The third kappa shape index (κ3) is 36.5. The fourth-order valence-electron chi connectivity index (χ4n) is 16.5. The van der Waals surface area contributed by atoms with Crippen molar-refractivity contribution in [1.82, 2.24) is 24.4 Å². The number of aromatic amines is 2. The Morgan fingerprint density at radius 2 is 0.975 bits per heavy atom. The maximum atomic E-state index is 13.4. The third-order valence-electron chi connectivity index (χ3n) is 23.7. The van der Waals surface area contributed by atoms with Crippen molar-refractivity contribution < 1.29 is 56.6 Å². The molecule has 5 atom stereocenters. The zero-order valence-electron chi connectivity index (χ0n) is 74.8. The molecule has 0 unspecified atom stereocenters. The second kappa shape index (κ2) is 60.4. The first-order valence-electron chi connectivity index (χ1n) is 46.8. The van der Waals surface area contributed by atoms with E-state index in [0.717, 1.165) is 72.3 Å². The molecule has 4 heterocycles. The maximum Gasteiger partial charge on any atom is 0.591 e. The number of ether oxygens (including phenoxy) is 7. The van der Waals surface area contributed by atoms with Crippen LogP contribution in [0.25, 0.3) is 0 Å². The summed E-state index contributed by atoms with van der Waals surface area (Å²) < 4.78 is 58.7. The van der Waals surface area contributed by atoms with Gasteiger partial charge in [-0.3, -0.25) is 38.3 Å². The van der Waals surface area contributed by atoms with Gasteiger partial charge in [-0.05, 0) is 92.6 Å². The zero-order valence-corrected chi connectivity index (χ0v) is 75.7. The lowest BCUT2D eigenvalue weighted by Gasteiger charge is -2.37. The maximum absolute atomic E-state index is 13.4. The summed E-state index contributed by atoms with van der Waals surface area (Å²) in [6, 6.07) is 31.7. The fraction of sp³-hybridized carbons (Fsp3) is 0.646. The average Bonchev–Trinajstić information content (AvgIpc) is 1.11. The van der Waals surface area contributed by atoms with Crippen molar-refractivity contribution in [3.63, 3.8) is 0 Å². The molecule has 0 spiro atoms. The van der Waals surface area contributed by atoms with Crippen molar-refractivity contribution in [2.45, 2.75) is 366 Å². The van der Waals surface area contributed by atoms with Crippen LogP contribution in [0.2, 0.25) is 0 Å². The van der Waals surface area contributed by atoms with Gasteiger partial charge >= 0.3 is 26.0 Å². The molecule has 4 N–H and O–H groups in total. The van der Waals surface area contributed by atoms with Gasteiger partial charge in [0.05, 0.1) is 65.3 Å². The number of nitrogens with one attached hydrogen (secondary N) is 3. The summed E-state index contributed by atoms with van der Waals surface area (Å²) in [6.07, 6.45) is 54.4. The molecule has 0 aliphatic carbocycles. The van der Waals surface area contributed by atoms with E-state index < -0.39 is 53.0 Å². The highest BCUT2D eigenvalue weighted by Crippen LogP contribution is 2.49. The van der Waals surface area contributed by atoms with Gasteiger partial charge in [0.25, 0.3) is 17.7 Å². The van der Waals surface area contributed by atoms with Gasteiger partial charge in [-0.2, -0.15) is 5.26 Å². The first-order chi connectivity index (χ1) is 59.6. The number of nitrogens with zero attached hydrogens (tertiary/aromatic N) is 3. The van der Waals surface area contributed by atoms with Gasteiger partial charge in [-0.15, -0.1) is 0 Å². The number of carboxylic acid groups (broad SMARTS) is 1. The minimum Gasteiger partial charge on any atom is -0.497 e. The lowest BCUT2D eigenvalue weighted by Crippen LogP contribution is -2.36. The van der Waals surface area contributed by atoms with E-state index in [9.17, 15) is 33.9 Å². The molecule has 122 heavy (non-hydrogen) atoms. The molecule has 8 rings (SSSR count). The lowest BCUT2D eigenvalue weighted by molar-refractivity contribution is -0.138. The van der Waals surface area contributed by atoms with Crippen LogP contribution in [-0.2, 0) is 44.7 Å². The molecule has 2 aromatic heterocycles. The van der Waals surface area contributed by atoms with Crippen molar-refractivity contribution in [3.05, 3.63) is 184 Å². The van der Waals surface area contributed by atoms with Crippen LogP contribution in [0.4, 0.5) is 0 Å². The van der Waals surface area contributed by atoms with Gasteiger partial charge in [-0.1, -0.05) is 312 Å². The van der Waals surface area contributed by atoms with Crippen molar-refractivity contribution in [1.29, 1.82) is 5.26 Å². The molecule has 22 nitrogen and oxygen atoms in total. The van der Waals surface area contributed by atoms with E-state index in [0.29, 0.717) is 60.7 Å². The number of amides is 1. The number of hydrogen-bond donors (Lipinski definition) is 4. The number of aryl methyl sites for hydroxylation is 2. The molecule has 2 saturated heterocycles. The molecule has 23 heteroatoms. The van der Waals surface area contributed by atoms with Crippen LogP contribution in [0.5, 0.6) is 23.0 Å². The van der Waals surface area contributed by atoms with Gasteiger partial charge in [0, 0.05) is 60.0 Å². The van der Waals surface area contributed by atoms with Gasteiger partial charge in [-0.25, -0.2) is 18.3 Å². The predicted molar refractivity (Wildman–Crippen MR) is 486 cm³/mol. The highest BCUT2D eigenvalue weighted by molar-refractivity contribution is 7.17. The van der Waals surface area contributed by atoms with E-state index >= 15 is 0 Å². The summed E-state index contributed by atoms with van der Waals surface area (Å²) in [5, 5.41) is 21.3. The second-order valence-electron chi connectivity index (χ2n) is 33.4. The minimum atomic E-state index is -1.04. The Hall–Kier alpha value is -8.19. The standard InChI is InChI=1S/C68H115N4O10P.C31H32N2O6/c1-4-6-8-10-12-14-16-18-20-22-24-26-28-30-32-34-36-38-40-42-50-78-60-46-45-58(54-70-62(73)47-48-64(74)75)66(79-51-43-41-39-37-35-33-31-29-27-25-23-21-19-17-15-13-11-9-7-5-2)65(60)59-53-63(72-55-57(3)67(76)71-68(72)77)82-61(59)56-81-83-80-52-44-49-69;1-21-19-33(30(35)32-29(21)34)28-18-17-27(39-28)20-38-31(22-7-5-4-6-8-22,23-9-13-25(36-2)14-10-23)24-11-15-26(37-3)16-12-24/h45-46,55,59,61,63H,4-44,47-48,50-54,56H2,1-3H3,(H2-,70,71,73,74,75,76,77);4-16,19,27-28H,17-18,20H2,1-3H3,(H,32,34,35)/p+1/t59-,61-,63-;27-,28+/m10/s1. The summed E-state index contributed by atoms with van der Waals surface area (Å²) in [7, 11) is 3.50. The first-order valence-corrected chi connectivity index (χ1v) is 47.5. The molecule has 6 aromatic rings. The Morgan fingerprint density at radius 1 is 0.541 bits per heavy atom. The van der Waals surface area contributed by atoms with Crippen LogP contribution in [0.15, 0.2) is 123 Å². The zero-order chi connectivity index (χ0) is 87.0. The largest absolute Gasteiger partial charge is 0.591 e. The van der Waals surface area contributed by atoms with E-state index in [4.69, 9.17) is 47.1 Å². The van der Waals surface area contributed by atoms with Crippen LogP contribution in [-0.4, -0.2) is 95.5 Å². The van der Waals surface area contributed by atoms with E-state index in [1.54, 1.807) is 34.3 Å². The molecule has 674 valence electrons. The van der Waals surface area contributed by atoms with Crippen molar-refractivity contribution in [2.75, 3.05) is 47.3 Å². The van der Waals surface area contributed by atoms with Crippen LogP contribution < -0.4 is 46.8 Å². The molecule has 2 aliphatic heterocycles. The molecular weight excluding hydrogens is 1560 g/mol. The fourth-order valence-corrected chi connectivity index (χ4v) is 17.0. The van der Waals surface area contributed by atoms with Gasteiger partial charge in [0.1, 0.15) is 47.5 Å². The summed E-state index contributed by atoms with van der Waals surface area (Å²) in [5.74, 6) is 0.819. The van der Waals surface area contributed by atoms with Crippen molar-refractivity contribution in [2.24, 2.45) is 0 Å². The molecule has 1 amide bonds. The van der Waals surface area contributed by atoms with E-state index in [1.807, 2.05) is 78.9 Å². The lowest BCUT2D eigenvalue weighted by atomic mass is 9.80. The monoisotopic (exact) mass is 1710 g/mol. The van der Waals surface area contributed by atoms with Gasteiger partial charge in [0.2, 0.25) is 5.91 Å². The SMILES string of the molecule is CCCCCCCCCCCCCCCCCCCCCCOc1ccc(CNC(=O)CCC(=O)O)c(OCCCCCCCCCCCCCCCCCCCCCC)c1[C@@H]1C[C@H](n2cc(C)c(=O)[nH]c2=O)O[C@@H]1CO/P=[O+]/CCC#N.COc1ccc(C(OC[C@@H]2CC[C@H](n3cc(C)c(=O)[nH]c3=O)O2)(c2ccccc2)c2ccc(OC)cc2)cc1. The summed E-state index contributed by atoms with van der Waals surface area (Å²) in [5.41, 5.74) is 2.23. The summed E-state index contributed by atoms with van der Waals surface area (Å²) in [4.78, 5) is 79.3. The highest BCUT2D eigenvalue weighted by atomic mass is 31.1. The molecule has 0 saturated carbocycles. The Kier molecular flexibility index (Phi) is 49.9. The molecule has 2 aliphatic rings. The molecule has 0 radical (unpaired) electrons. The summed E-state index contributed by atoms with van der Waals surface area (Å²) >= 11 is 0. The number of nitriles is 1. The number of hydrogen-bond acceptors (Lipinski definition) is 15. The smallest absolute Gasteiger partial charge is 0.497 e. The number of aromatic nitrogens is 4. The number of aliphatic carboxylic acids is 1. The highest BCUT2D eigenvalue weighted by Gasteiger charge is 2.43. The molecular formula is C99H148N6O16P+. The Balaban J connectivity index is 0.000000432. The number of carbonyl (C=O) groups is 2. The van der Waals surface area contributed by atoms with Crippen LogP contribution in [0.3, 0.4) is 0 Å². The number of methoxy groups -OCH3 is 2. The number of carboxylic acids is 1. The first kappa shape index (κ1) is 101. The Labute approximate surface area is 729 Å². The van der Waals surface area contributed by atoms with Crippen LogP contribution >= 0.6 is 8.69 Å². The Morgan fingerprint density at radius 3 is 1.42 bits per heavy atom. The van der Waals surface area contributed by atoms with Gasteiger partial charge in [0.15, 0.2) is 0 Å². The number of benzene rings is 4. The molecule has 4 aromatic carbocycles. The number of rotatable bonds is 65. The predicted octanol–water partition coefficient (Wildman–Crippen LogP) is 23.0. The second-order valence-corrected chi connectivity index (χ2v) is 34.1. The normalized spacial score (nSPS) is 15.8. The topological polar surface area (TPSA) is 285 Å². The minimum absolute atomic E-state index is 0.0696. The van der Waals surface area contributed by atoms with Crippen LogP contribution in [0, 0.1) is 25.2 Å². The summed E-state index contributed by atoms with van der Waals surface area (Å²) in [6.45, 7) is 9.44. The average molecular weight is 1710 g/mol. The molecule has 0 bridgehead atoms. The van der Waals surface area contributed by atoms with E-state index in [-0.39, 0.29) is 71.9 Å². The van der Waals surface area contributed by atoms with Crippen molar-refractivity contribution >= 4 is 20.6 Å². The van der Waals surface area contributed by atoms with E-state index in [2.05, 4.69) is 47.3 Å². The van der Waals surface area contributed by atoms with Crippen molar-refractivity contribution in [3.8, 4) is 29.1 Å². The van der Waals surface area contributed by atoms with Crippen LogP contribution in [0.1, 0.15) is 367 Å². The molecule has 2 fully saturated rings. The number of unbranched alkanes of at least 4 members (excludes halogenated alkanes) is 38. The van der Waals surface area contributed by atoms with Gasteiger partial charge < -0.3 is 43.6 Å². The number of H-pyrrole nitrogens is 2. The quantitative estimate of drug-likeness (QED) is 0.0119. The number of carbonyl (C=O) groups excluding carboxylic acids is 1.